The summed E-state index contributed by atoms with van der Waals surface area (Å²) < 4.78 is 1.65. The van der Waals surface area contributed by atoms with Crippen LogP contribution in [0.25, 0.3) is 0 Å². The summed E-state index contributed by atoms with van der Waals surface area (Å²) >= 11 is 0. The van der Waals surface area contributed by atoms with Crippen molar-refractivity contribution in [3.63, 3.8) is 0 Å². The molecule has 0 saturated heterocycles. The Morgan fingerprint density at radius 1 is 1.33 bits per heavy atom. The highest BCUT2D eigenvalue weighted by molar-refractivity contribution is 5.70. The second-order valence-corrected chi connectivity index (χ2v) is 5.64. The summed E-state index contributed by atoms with van der Waals surface area (Å²) in [6.45, 7) is 8.43. The van der Waals surface area contributed by atoms with Crippen LogP contribution in [0.5, 0.6) is 0 Å². The Hall–Kier alpha value is -1.65. The van der Waals surface area contributed by atoms with Crippen molar-refractivity contribution in [2.45, 2.75) is 66.3 Å². The van der Waals surface area contributed by atoms with Crippen LogP contribution in [0.4, 0.5) is 0 Å². The molecule has 1 aromatic heterocycles. The summed E-state index contributed by atoms with van der Waals surface area (Å²) in [5.41, 5.74) is 1.66. The molecule has 21 heavy (non-hydrogen) atoms. The van der Waals surface area contributed by atoms with E-state index in [0.29, 0.717) is 23.7 Å². The van der Waals surface area contributed by atoms with E-state index in [4.69, 9.17) is 5.11 Å². The molecule has 0 saturated carbocycles. The van der Waals surface area contributed by atoms with Gasteiger partial charge in [-0.3, -0.25) is 9.36 Å². The van der Waals surface area contributed by atoms with Crippen molar-refractivity contribution in [2.24, 2.45) is 5.92 Å². The number of aliphatic carboxylic acids is 1. The Bertz CT molecular complexity index is 549. The Balaban J connectivity index is 3.11. The van der Waals surface area contributed by atoms with Gasteiger partial charge in [-0.2, -0.15) is 4.98 Å². The van der Waals surface area contributed by atoms with Crippen LogP contribution in [-0.2, 0) is 17.8 Å². The lowest BCUT2D eigenvalue weighted by Gasteiger charge is -2.20. The van der Waals surface area contributed by atoms with E-state index in [1.165, 1.54) is 0 Å². The molecule has 0 aliphatic carbocycles. The summed E-state index contributed by atoms with van der Waals surface area (Å²) in [4.78, 5) is 27.1. The highest BCUT2D eigenvalue weighted by Crippen LogP contribution is 2.17. The van der Waals surface area contributed by atoms with Gasteiger partial charge in [0, 0.05) is 23.5 Å². The molecule has 0 fully saturated rings. The van der Waals surface area contributed by atoms with E-state index in [1.54, 1.807) is 11.5 Å². The second-order valence-electron chi connectivity index (χ2n) is 5.64. The minimum absolute atomic E-state index is 0.0866. The molecule has 0 bridgehead atoms. The van der Waals surface area contributed by atoms with E-state index in [2.05, 4.69) is 18.8 Å². The molecule has 0 aliphatic rings. The Kier molecular flexibility index (Phi) is 6.59. The van der Waals surface area contributed by atoms with Crippen LogP contribution >= 0.6 is 0 Å². The lowest BCUT2D eigenvalue weighted by Crippen LogP contribution is -2.31. The van der Waals surface area contributed by atoms with Gasteiger partial charge in [0.15, 0.2) is 0 Å². The van der Waals surface area contributed by atoms with Gasteiger partial charge in [0.25, 0.3) is 0 Å². The van der Waals surface area contributed by atoms with Crippen molar-refractivity contribution < 1.29 is 9.90 Å². The van der Waals surface area contributed by atoms with Gasteiger partial charge in [0.1, 0.15) is 0 Å². The lowest BCUT2D eigenvalue weighted by molar-refractivity contribution is -0.136. The van der Waals surface area contributed by atoms with Crippen LogP contribution < -0.4 is 5.69 Å². The van der Waals surface area contributed by atoms with Gasteiger partial charge in [-0.1, -0.05) is 33.1 Å². The maximum Gasteiger partial charge on any atom is 0.347 e. The average Bonchev–Trinajstić information content (AvgIpc) is 2.42. The maximum absolute atomic E-state index is 12.1. The van der Waals surface area contributed by atoms with E-state index in [0.717, 1.165) is 31.4 Å². The lowest BCUT2D eigenvalue weighted by atomic mass is 9.98. The zero-order valence-corrected chi connectivity index (χ0v) is 13.5. The van der Waals surface area contributed by atoms with Crippen LogP contribution in [0.1, 0.15) is 56.5 Å². The van der Waals surface area contributed by atoms with Gasteiger partial charge in [0.05, 0.1) is 6.42 Å². The Morgan fingerprint density at radius 2 is 2.00 bits per heavy atom. The van der Waals surface area contributed by atoms with Crippen molar-refractivity contribution in [3.8, 4) is 0 Å². The third kappa shape index (κ3) is 4.69. The van der Waals surface area contributed by atoms with Crippen molar-refractivity contribution in [2.75, 3.05) is 0 Å². The number of nitrogens with zero attached hydrogens (tertiary/aromatic N) is 2. The molecule has 0 aliphatic heterocycles. The summed E-state index contributed by atoms with van der Waals surface area (Å²) in [5, 5.41) is 9.01. The summed E-state index contributed by atoms with van der Waals surface area (Å²) in [6, 6.07) is 0. The van der Waals surface area contributed by atoms with Crippen LogP contribution in [-0.4, -0.2) is 20.6 Å². The first-order chi connectivity index (χ1) is 9.90. The molecule has 0 radical (unpaired) electrons. The number of carboxylic acids is 1. The van der Waals surface area contributed by atoms with Gasteiger partial charge < -0.3 is 5.11 Å². The third-order valence-electron chi connectivity index (χ3n) is 4.08. The summed E-state index contributed by atoms with van der Waals surface area (Å²) in [7, 11) is 0. The first-order valence-electron chi connectivity index (χ1n) is 7.69. The van der Waals surface area contributed by atoms with Crippen LogP contribution in [0.15, 0.2) is 4.79 Å². The number of aryl methyl sites for hydroxylation is 1. The van der Waals surface area contributed by atoms with E-state index >= 15 is 0 Å². The first-order valence-corrected chi connectivity index (χ1v) is 7.69. The molecule has 5 heteroatoms. The number of hydrogen-bond acceptors (Lipinski definition) is 3. The quantitative estimate of drug-likeness (QED) is 0.800. The van der Waals surface area contributed by atoms with Crippen molar-refractivity contribution in [1.29, 1.82) is 0 Å². The molecule has 118 valence electrons. The molecule has 1 rings (SSSR count). The fourth-order valence-corrected chi connectivity index (χ4v) is 2.64. The molecule has 0 spiro atoms. The number of carbonyl (C=O) groups is 1. The van der Waals surface area contributed by atoms with Gasteiger partial charge in [-0.25, -0.2) is 4.79 Å². The highest BCUT2D eigenvalue weighted by Gasteiger charge is 2.16. The molecule has 1 N–H and O–H groups in total. The molecule has 1 unspecified atom stereocenters. The summed E-state index contributed by atoms with van der Waals surface area (Å²) in [6.07, 6.45) is 4.29. The highest BCUT2D eigenvalue weighted by atomic mass is 16.4. The number of unbranched alkanes of at least 4 members (excludes halogenated alkanes) is 1. The zero-order valence-electron chi connectivity index (χ0n) is 13.5. The average molecular weight is 294 g/mol. The minimum Gasteiger partial charge on any atom is -0.481 e. The molecule has 0 amide bonds. The minimum atomic E-state index is -0.897. The normalized spacial score (nSPS) is 12.4. The standard InChI is InChI=1S/C16H26N2O3/c1-5-7-8-13(6-2)10-18-12(4)14(9-15(19)20)11(3)17-16(18)21/h13H,5-10H2,1-4H3,(H,19,20). The van der Waals surface area contributed by atoms with Gasteiger partial charge >= 0.3 is 11.7 Å². The predicted octanol–water partition coefficient (Wildman–Crippen LogP) is 2.70. The largest absolute Gasteiger partial charge is 0.481 e. The first kappa shape index (κ1) is 17.4. The van der Waals surface area contributed by atoms with Gasteiger partial charge in [-0.15, -0.1) is 0 Å². The topological polar surface area (TPSA) is 72.2 Å². The second kappa shape index (κ2) is 7.96. The Labute approximate surface area is 126 Å². The van der Waals surface area contributed by atoms with Crippen molar-refractivity contribution >= 4 is 5.97 Å². The number of hydrogen-bond donors (Lipinski definition) is 1. The molecule has 0 aromatic carbocycles. The number of rotatable bonds is 8. The van der Waals surface area contributed by atoms with Crippen LogP contribution in [0, 0.1) is 19.8 Å². The fourth-order valence-electron chi connectivity index (χ4n) is 2.64. The van der Waals surface area contributed by atoms with E-state index < -0.39 is 5.97 Å². The molecule has 1 heterocycles. The van der Waals surface area contributed by atoms with Crippen LogP contribution in [0.2, 0.25) is 0 Å². The third-order valence-corrected chi connectivity index (χ3v) is 4.08. The fraction of sp³-hybridized carbons (Fsp3) is 0.688. The molecule has 5 nitrogen and oxygen atoms in total. The smallest absolute Gasteiger partial charge is 0.347 e. The van der Waals surface area contributed by atoms with Gasteiger partial charge in [0.2, 0.25) is 0 Å². The Morgan fingerprint density at radius 3 is 2.52 bits per heavy atom. The van der Waals surface area contributed by atoms with Gasteiger partial charge in [-0.05, 0) is 26.2 Å². The molecule has 1 atom stereocenters. The maximum atomic E-state index is 12.1. The SMILES string of the molecule is CCCCC(CC)Cn1c(C)c(CC(=O)O)c(C)nc1=O. The number of aromatic nitrogens is 2. The van der Waals surface area contributed by atoms with Crippen molar-refractivity contribution in [1.82, 2.24) is 9.55 Å². The monoisotopic (exact) mass is 294 g/mol. The van der Waals surface area contributed by atoms with Crippen molar-refractivity contribution in [3.05, 3.63) is 27.4 Å². The van der Waals surface area contributed by atoms with E-state index in [-0.39, 0.29) is 12.1 Å². The molecule has 1 aromatic rings. The van der Waals surface area contributed by atoms with Crippen LogP contribution in [0.3, 0.4) is 0 Å². The van der Waals surface area contributed by atoms with E-state index in [9.17, 15) is 9.59 Å². The molecular weight excluding hydrogens is 268 g/mol. The zero-order chi connectivity index (χ0) is 16.0. The van der Waals surface area contributed by atoms with E-state index in [1.807, 2.05) is 6.92 Å². The summed E-state index contributed by atoms with van der Waals surface area (Å²) in [5.74, 6) is -0.463. The number of carboxylic acid groups (broad SMARTS) is 1. The molecular formula is C16H26N2O3. The predicted molar refractivity (Wildman–Crippen MR) is 82.6 cm³/mol.